The molecule has 0 aromatic carbocycles. The van der Waals surface area contributed by atoms with Crippen molar-refractivity contribution in [3.8, 4) is 0 Å². The van der Waals surface area contributed by atoms with Crippen molar-refractivity contribution in [2.75, 3.05) is 0 Å². The Morgan fingerprint density at radius 1 is 0.727 bits per heavy atom. The first kappa shape index (κ1) is 20.9. The highest BCUT2D eigenvalue weighted by Crippen LogP contribution is 2.20. The number of hydrogen-bond donors (Lipinski definition) is 2. The zero-order valence-electron chi connectivity index (χ0n) is 14.4. The second-order valence-electron chi connectivity index (χ2n) is 6.40. The predicted molar refractivity (Wildman–Crippen MR) is 89.0 cm³/mol. The van der Waals surface area contributed by atoms with Gasteiger partial charge < -0.3 is 10.2 Å². The van der Waals surface area contributed by atoms with E-state index in [1.807, 2.05) is 0 Å². The molecule has 0 aromatic rings. The Morgan fingerprint density at radius 3 is 1.50 bits per heavy atom. The van der Waals surface area contributed by atoms with E-state index in [1.165, 1.54) is 58.3 Å². The molecule has 4 nitrogen and oxygen atoms in total. The zero-order chi connectivity index (χ0) is 16.8. The van der Waals surface area contributed by atoms with Crippen LogP contribution in [0.4, 0.5) is 0 Å². The lowest BCUT2D eigenvalue weighted by Crippen LogP contribution is -2.27. The summed E-state index contributed by atoms with van der Waals surface area (Å²) in [5, 5.41) is 18.0. The average molecular weight is 314 g/mol. The van der Waals surface area contributed by atoms with Crippen LogP contribution in [-0.2, 0) is 9.59 Å². The summed E-state index contributed by atoms with van der Waals surface area (Å²) < 4.78 is 0. The molecule has 0 aliphatic rings. The molecule has 0 aromatic heterocycles. The molecule has 0 spiro atoms. The van der Waals surface area contributed by atoms with E-state index in [2.05, 4.69) is 6.92 Å². The van der Waals surface area contributed by atoms with Crippen LogP contribution in [0.15, 0.2) is 0 Å². The monoisotopic (exact) mass is 314 g/mol. The Hall–Kier alpha value is -1.06. The third kappa shape index (κ3) is 10.6. The molecule has 2 atom stereocenters. The molecule has 0 unspecified atom stereocenters. The van der Waals surface area contributed by atoms with Gasteiger partial charge in [-0.1, -0.05) is 84.5 Å². The highest BCUT2D eigenvalue weighted by molar-refractivity contribution is 5.79. The number of carboxylic acid groups (broad SMARTS) is 2. The van der Waals surface area contributed by atoms with Gasteiger partial charge in [0.05, 0.1) is 11.8 Å². The first-order chi connectivity index (χ1) is 10.5. The van der Waals surface area contributed by atoms with Crippen LogP contribution in [0.5, 0.6) is 0 Å². The lowest BCUT2D eigenvalue weighted by Gasteiger charge is -2.16. The number of rotatable bonds is 15. The maximum Gasteiger partial charge on any atom is 0.307 e. The highest BCUT2D eigenvalue weighted by atomic mass is 16.4. The Bertz CT molecular complexity index is 301. The van der Waals surface area contributed by atoms with E-state index in [1.54, 1.807) is 0 Å². The summed E-state index contributed by atoms with van der Waals surface area (Å²) in [7, 11) is 0. The summed E-state index contributed by atoms with van der Waals surface area (Å²) in [6, 6.07) is 0. The summed E-state index contributed by atoms with van der Waals surface area (Å²) in [4.78, 5) is 22.0. The largest absolute Gasteiger partial charge is 0.481 e. The number of carboxylic acids is 2. The fourth-order valence-electron chi connectivity index (χ4n) is 2.79. The van der Waals surface area contributed by atoms with Gasteiger partial charge in [-0.3, -0.25) is 9.59 Å². The molecule has 0 amide bonds. The van der Waals surface area contributed by atoms with Gasteiger partial charge in [-0.15, -0.1) is 0 Å². The summed E-state index contributed by atoms with van der Waals surface area (Å²) in [5.74, 6) is -3.56. The van der Waals surface area contributed by atoms with E-state index in [0.717, 1.165) is 19.3 Å². The maximum atomic E-state index is 11.1. The number of aliphatic carboxylic acids is 2. The zero-order valence-corrected chi connectivity index (χ0v) is 14.4. The Labute approximate surface area is 135 Å². The van der Waals surface area contributed by atoms with E-state index < -0.39 is 23.8 Å². The lowest BCUT2D eigenvalue weighted by molar-refractivity contribution is -0.153. The van der Waals surface area contributed by atoms with Gasteiger partial charge in [0.2, 0.25) is 0 Å². The second kappa shape index (κ2) is 13.6. The summed E-state index contributed by atoms with van der Waals surface area (Å²) >= 11 is 0. The quantitative estimate of drug-likeness (QED) is 0.412. The van der Waals surface area contributed by atoms with E-state index in [4.69, 9.17) is 10.2 Å². The smallest absolute Gasteiger partial charge is 0.307 e. The fraction of sp³-hybridized carbons (Fsp3) is 0.889. The molecule has 22 heavy (non-hydrogen) atoms. The fourth-order valence-corrected chi connectivity index (χ4v) is 2.79. The summed E-state index contributed by atoms with van der Waals surface area (Å²) in [6.45, 7) is 3.71. The molecule has 0 aliphatic carbocycles. The van der Waals surface area contributed by atoms with Crippen molar-refractivity contribution in [3.05, 3.63) is 0 Å². The molecule has 4 heteroatoms. The van der Waals surface area contributed by atoms with Gasteiger partial charge in [-0.2, -0.15) is 0 Å². The molecule has 0 fully saturated rings. The second-order valence-corrected chi connectivity index (χ2v) is 6.40. The molecule has 0 heterocycles. The Morgan fingerprint density at radius 2 is 1.14 bits per heavy atom. The van der Waals surface area contributed by atoms with Crippen molar-refractivity contribution in [1.29, 1.82) is 0 Å². The normalized spacial score (nSPS) is 13.7. The van der Waals surface area contributed by atoms with Crippen LogP contribution in [-0.4, -0.2) is 22.2 Å². The molecule has 0 aliphatic heterocycles. The van der Waals surface area contributed by atoms with Crippen molar-refractivity contribution in [2.45, 2.75) is 90.9 Å². The van der Waals surface area contributed by atoms with Crippen molar-refractivity contribution >= 4 is 11.9 Å². The topological polar surface area (TPSA) is 74.6 Å². The van der Waals surface area contributed by atoms with Crippen LogP contribution in [0.1, 0.15) is 90.9 Å². The Balaban J connectivity index is 3.54. The molecule has 2 N–H and O–H groups in total. The van der Waals surface area contributed by atoms with E-state index in [9.17, 15) is 9.59 Å². The van der Waals surface area contributed by atoms with Gasteiger partial charge in [0.1, 0.15) is 0 Å². The average Bonchev–Trinajstić information content (AvgIpc) is 2.47. The van der Waals surface area contributed by atoms with Crippen molar-refractivity contribution in [1.82, 2.24) is 0 Å². The van der Waals surface area contributed by atoms with Crippen LogP contribution >= 0.6 is 0 Å². The molecule has 0 saturated carbocycles. The third-order valence-electron chi connectivity index (χ3n) is 4.43. The standard InChI is InChI=1S/C18H34O4/c1-3-4-5-6-7-8-9-10-11-12-13-14-16(18(21)22)15(2)17(19)20/h15-16H,3-14H2,1-2H3,(H,19,20)(H,21,22)/t15-,16+/m1/s1. The summed E-state index contributed by atoms with van der Waals surface area (Å²) in [6.07, 6.45) is 13.9. The maximum absolute atomic E-state index is 11.1. The minimum absolute atomic E-state index is 0.472. The van der Waals surface area contributed by atoms with E-state index >= 15 is 0 Å². The number of hydrogen-bond acceptors (Lipinski definition) is 2. The molecule has 0 saturated heterocycles. The SMILES string of the molecule is CCCCCCCCCCCCC[C@H](C(=O)O)[C@@H](C)C(=O)O. The predicted octanol–water partition coefficient (Wildman–Crippen LogP) is 5.11. The minimum atomic E-state index is -1.02. The van der Waals surface area contributed by atoms with Crippen molar-refractivity contribution < 1.29 is 19.8 Å². The molecular weight excluding hydrogens is 280 g/mol. The van der Waals surface area contributed by atoms with Crippen LogP contribution < -0.4 is 0 Å². The van der Waals surface area contributed by atoms with Crippen LogP contribution in [0, 0.1) is 11.8 Å². The van der Waals surface area contributed by atoms with E-state index in [0.29, 0.717) is 6.42 Å². The van der Waals surface area contributed by atoms with Gasteiger partial charge >= 0.3 is 11.9 Å². The van der Waals surface area contributed by atoms with Crippen molar-refractivity contribution in [3.63, 3.8) is 0 Å². The first-order valence-corrected chi connectivity index (χ1v) is 8.96. The highest BCUT2D eigenvalue weighted by Gasteiger charge is 2.29. The lowest BCUT2D eigenvalue weighted by atomic mass is 9.89. The first-order valence-electron chi connectivity index (χ1n) is 8.96. The molecule has 0 rings (SSSR count). The summed E-state index contributed by atoms with van der Waals surface area (Å²) in [5.41, 5.74) is 0. The number of unbranched alkanes of at least 4 members (excludes halogenated alkanes) is 10. The van der Waals surface area contributed by atoms with Crippen LogP contribution in [0.3, 0.4) is 0 Å². The van der Waals surface area contributed by atoms with Crippen molar-refractivity contribution in [2.24, 2.45) is 11.8 Å². The molecule has 130 valence electrons. The van der Waals surface area contributed by atoms with E-state index in [-0.39, 0.29) is 0 Å². The van der Waals surface area contributed by atoms with Gasteiger partial charge in [0.25, 0.3) is 0 Å². The third-order valence-corrected chi connectivity index (χ3v) is 4.43. The van der Waals surface area contributed by atoms with Gasteiger partial charge in [-0.25, -0.2) is 0 Å². The minimum Gasteiger partial charge on any atom is -0.481 e. The van der Waals surface area contributed by atoms with Gasteiger partial charge in [0.15, 0.2) is 0 Å². The van der Waals surface area contributed by atoms with Crippen LogP contribution in [0.25, 0.3) is 0 Å². The van der Waals surface area contributed by atoms with Gasteiger partial charge in [-0.05, 0) is 6.42 Å². The van der Waals surface area contributed by atoms with Crippen LogP contribution in [0.2, 0.25) is 0 Å². The molecule has 0 radical (unpaired) electrons. The molecule has 0 bridgehead atoms. The Kier molecular flexibility index (Phi) is 12.9. The van der Waals surface area contributed by atoms with Gasteiger partial charge in [0, 0.05) is 0 Å². The molecular formula is C18H34O4. The number of carbonyl (C=O) groups is 2.